The molecular formula is C14H18O2S. The van der Waals surface area contributed by atoms with Crippen molar-refractivity contribution < 1.29 is 9.53 Å². The zero-order valence-corrected chi connectivity index (χ0v) is 10.9. The van der Waals surface area contributed by atoms with Gasteiger partial charge in [-0.05, 0) is 36.3 Å². The summed E-state index contributed by atoms with van der Waals surface area (Å²) < 4.78 is 5.35. The summed E-state index contributed by atoms with van der Waals surface area (Å²) in [7, 11) is 1.66. The van der Waals surface area contributed by atoms with Crippen LogP contribution in [0.15, 0.2) is 24.3 Å². The molecule has 0 amide bonds. The quantitative estimate of drug-likeness (QED) is 0.768. The third kappa shape index (κ3) is 2.83. The van der Waals surface area contributed by atoms with E-state index in [1.165, 1.54) is 11.5 Å². The van der Waals surface area contributed by atoms with Gasteiger partial charge in [0, 0.05) is 11.5 Å². The zero-order chi connectivity index (χ0) is 12.1. The molecule has 1 aliphatic rings. The van der Waals surface area contributed by atoms with Crippen LogP contribution in [0.4, 0.5) is 0 Å². The van der Waals surface area contributed by atoms with Crippen LogP contribution in [-0.2, 0) is 4.79 Å². The molecule has 0 saturated carbocycles. The minimum absolute atomic E-state index is 0.00736. The molecule has 0 spiro atoms. The monoisotopic (exact) mass is 250 g/mol. The summed E-state index contributed by atoms with van der Waals surface area (Å²) in [5, 5.41) is 0. The number of thioether (sulfide) groups is 1. The van der Waals surface area contributed by atoms with Crippen LogP contribution in [0.2, 0.25) is 0 Å². The summed E-state index contributed by atoms with van der Waals surface area (Å²) in [6.45, 7) is 0. The van der Waals surface area contributed by atoms with Gasteiger partial charge in [0.1, 0.15) is 12.0 Å². The molecule has 1 heterocycles. The smallest absolute Gasteiger partial charge is 0.127 e. The summed E-state index contributed by atoms with van der Waals surface area (Å²) >= 11 is 1.98. The minimum Gasteiger partial charge on any atom is -0.496 e. The average molecular weight is 250 g/mol. The van der Waals surface area contributed by atoms with Crippen LogP contribution in [-0.4, -0.2) is 24.9 Å². The first-order valence-electron chi connectivity index (χ1n) is 6.02. The lowest BCUT2D eigenvalue weighted by Crippen LogP contribution is -2.20. The summed E-state index contributed by atoms with van der Waals surface area (Å²) in [6, 6.07) is 7.87. The van der Waals surface area contributed by atoms with E-state index in [2.05, 4.69) is 0 Å². The number of carbonyl (C=O) groups is 1. The van der Waals surface area contributed by atoms with Gasteiger partial charge < -0.3 is 9.53 Å². The average Bonchev–Trinajstić information content (AvgIpc) is 2.41. The maximum absolute atomic E-state index is 11.4. The maximum atomic E-state index is 11.4. The Morgan fingerprint density at radius 2 is 2.06 bits per heavy atom. The van der Waals surface area contributed by atoms with E-state index in [9.17, 15) is 4.79 Å². The largest absolute Gasteiger partial charge is 0.496 e. The Morgan fingerprint density at radius 1 is 1.35 bits per heavy atom. The van der Waals surface area contributed by atoms with E-state index < -0.39 is 0 Å². The molecule has 0 bridgehead atoms. The standard InChI is InChI=1S/C14H18O2S/c1-16-14-5-3-2-4-12(14)13(10-15)11-6-8-17-9-7-11/h2-5,10-11,13H,6-9H2,1H3. The van der Waals surface area contributed by atoms with Crippen molar-refractivity contribution in [2.45, 2.75) is 18.8 Å². The van der Waals surface area contributed by atoms with Gasteiger partial charge in [0.2, 0.25) is 0 Å². The van der Waals surface area contributed by atoms with Gasteiger partial charge in [-0.15, -0.1) is 0 Å². The highest BCUT2D eigenvalue weighted by Crippen LogP contribution is 2.37. The second-order valence-corrected chi connectivity index (χ2v) is 5.58. The Balaban J connectivity index is 2.24. The van der Waals surface area contributed by atoms with Crippen molar-refractivity contribution in [1.82, 2.24) is 0 Å². The minimum atomic E-state index is -0.00736. The fourth-order valence-corrected chi connectivity index (χ4v) is 3.60. The lowest BCUT2D eigenvalue weighted by Gasteiger charge is -2.27. The first-order valence-corrected chi connectivity index (χ1v) is 7.18. The van der Waals surface area contributed by atoms with Crippen LogP contribution in [0.1, 0.15) is 24.3 Å². The van der Waals surface area contributed by atoms with Crippen molar-refractivity contribution >= 4 is 18.0 Å². The number of hydrogen-bond acceptors (Lipinski definition) is 3. The number of carbonyl (C=O) groups excluding carboxylic acids is 1. The van der Waals surface area contributed by atoms with Gasteiger partial charge in [-0.3, -0.25) is 0 Å². The predicted octanol–water partition coefficient (Wildman–Crippen LogP) is 3.12. The summed E-state index contributed by atoms with van der Waals surface area (Å²) in [5.74, 6) is 3.65. The molecule has 0 aliphatic carbocycles. The Bertz CT molecular complexity index is 372. The Hall–Kier alpha value is -0.960. The number of rotatable bonds is 4. The van der Waals surface area contributed by atoms with Crippen molar-refractivity contribution in [2.24, 2.45) is 5.92 Å². The van der Waals surface area contributed by atoms with Gasteiger partial charge >= 0.3 is 0 Å². The van der Waals surface area contributed by atoms with E-state index in [0.717, 1.165) is 30.4 Å². The third-order valence-corrected chi connectivity index (χ3v) is 4.47. The molecular weight excluding hydrogens is 232 g/mol. The molecule has 1 unspecified atom stereocenters. The second-order valence-electron chi connectivity index (χ2n) is 4.35. The summed E-state index contributed by atoms with van der Waals surface area (Å²) in [6.07, 6.45) is 3.36. The molecule has 2 nitrogen and oxygen atoms in total. The van der Waals surface area contributed by atoms with Crippen molar-refractivity contribution in [2.75, 3.05) is 18.6 Å². The van der Waals surface area contributed by atoms with Gasteiger partial charge in [-0.25, -0.2) is 0 Å². The number of para-hydroxylation sites is 1. The summed E-state index contributed by atoms with van der Waals surface area (Å²) in [5.41, 5.74) is 1.04. The number of ether oxygens (including phenoxy) is 1. The van der Waals surface area contributed by atoms with Crippen LogP contribution >= 0.6 is 11.8 Å². The van der Waals surface area contributed by atoms with Crippen molar-refractivity contribution in [3.63, 3.8) is 0 Å². The highest BCUT2D eigenvalue weighted by atomic mass is 32.2. The number of methoxy groups -OCH3 is 1. The first-order chi connectivity index (χ1) is 8.36. The van der Waals surface area contributed by atoms with E-state index in [1.807, 2.05) is 36.0 Å². The Morgan fingerprint density at radius 3 is 2.71 bits per heavy atom. The van der Waals surface area contributed by atoms with Crippen LogP contribution in [0.25, 0.3) is 0 Å². The molecule has 0 N–H and O–H groups in total. The van der Waals surface area contributed by atoms with E-state index in [4.69, 9.17) is 4.74 Å². The Kier molecular flexibility index (Phi) is 4.49. The fraction of sp³-hybridized carbons (Fsp3) is 0.500. The number of benzene rings is 1. The molecule has 1 saturated heterocycles. The molecule has 1 atom stereocenters. The SMILES string of the molecule is COc1ccccc1C(C=O)C1CCSCC1. The molecule has 2 rings (SSSR count). The van der Waals surface area contributed by atoms with E-state index in [-0.39, 0.29) is 5.92 Å². The molecule has 3 heteroatoms. The van der Waals surface area contributed by atoms with Crippen LogP contribution in [0, 0.1) is 5.92 Å². The van der Waals surface area contributed by atoms with Gasteiger partial charge in [-0.1, -0.05) is 18.2 Å². The molecule has 1 fully saturated rings. The topological polar surface area (TPSA) is 26.3 Å². The van der Waals surface area contributed by atoms with Gasteiger partial charge in [0.15, 0.2) is 0 Å². The maximum Gasteiger partial charge on any atom is 0.127 e. The van der Waals surface area contributed by atoms with Crippen molar-refractivity contribution in [3.05, 3.63) is 29.8 Å². The number of aldehydes is 1. The van der Waals surface area contributed by atoms with Crippen LogP contribution in [0.3, 0.4) is 0 Å². The normalized spacial score (nSPS) is 18.6. The van der Waals surface area contributed by atoms with Gasteiger partial charge in [-0.2, -0.15) is 11.8 Å². The zero-order valence-electron chi connectivity index (χ0n) is 10.1. The van der Waals surface area contributed by atoms with Crippen LogP contribution in [0.5, 0.6) is 5.75 Å². The Labute approximate surface area is 107 Å². The highest BCUT2D eigenvalue weighted by molar-refractivity contribution is 7.99. The first kappa shape index (κ1) is 12.5. The van der Waals surface area contributed by atoms with Crippen molar-refractivity contribution in [1.29, 1.82) is 0 Å². The third-order valence-electron chi connectivity index (χ3n) is 3.42. The van der Waals surface area contributed by atoms with Crippen molar-refractivity contribution in [3.8, 4) is 5.75 Å². The molecule has 17 heavy (non-hydrogen) atoms. The second kappa shape index (κ2) is 6.10. The lowest BCUT2D eigenvalue weighted by atomic mass is 9.83. The fourth-order valence-electron chi connectivity index (χ4n) is 2.46. The lowest BCUT2D eigenvalue weighted by molar-refractivity contribution is -0.110. The highest BCUT2D eigenvalue weighted by Gasteiger charge is 2.26. The van der Waals surface area contributed by atoms with Gasteiger partial charge in [0.05, 0.1) is 7.11 Å². The molecule has 0 aromatic heterocycles. The van der Waals surface area contributed by atoms with E-state index >= 15 is 0 Å². The van der Waals surface area contributed by atoms with E-state index in [0.29, 0.717) is 5.92 Å². The van der Waals surface area contributed by atoms with Gasteiger partial charge in [0.25, 0.3) is 0 Å². The van der Waals surface area contributed by atoms with Crippen LogP contribution < -0.4 is 4.74 Å². The predicted molar refractivity (Wildman–Crippen MR) is 71.8 cm³/mol. The molecule has 1 aromatic carbocycles. The number of hydrogen-bond donors (Lipinski definition) is 0. The summed E-state index contributed by atoms with van der Waals surface area (Å²) in [4.78, 5) is 11.4. The molecule has 1 aliphatic heterocycles. The molecule has 1 aromatic rings. The van der Waals surface area contributed by atoms with E-state index in [1.54, 1.807) is 7.11 Å². The molecule has 0 radical (unpaired) electrons. The molecule has 92 valence electrons.